The van der Waals surface area contributed by atoms with E-state index in [4.69, 9.17) is 0 Å². The quantitative estimate of drug-likeness (QED) is 0.747. The van der Waals surface area contributed by atoms with Crippen LogP contribution in [0.25, 0.3) is 0 Å². The molecule has 0 aliphatic rings. The van der Waals surface area contributed by atoms with Gasteiger partial charge in [0.25, 0.3) is 0 Å². The molecule has 4 nitrogen and oxygen atoms in total. The molecule has 0 spiro atoms. The summed E-state index contributed by atoms with van der Waals surface area (Å²) in [5.41, 5.74) is 3.72. The molecule has 2 aromatic rings. The van der Waals surface area contributed by atoms with E-state index >= 15 is 0 Å². The summed E-state index contributed by atoms with van der Waals surface area (Å²) in [5.74, 6) is 0.227. The number of hydrogen-bond donors (Lipinski definition) is 3. The monoisotopic (exact) mass is 270 g/mol. The van der Waals surface area contributed by atoms with Crippen LogP contribution in [-0.4, -0.2) is 11.0 Å². The fourth-order valence-electron chi connectivity index (χ4n) is 1.88. The second-order valence-corrected chi connectivity index (χ2v) is 4.73. The molecular weight excluding hydrogens is 252 g/mol. The minimum absolute atomic E-state index is 0.0737. The maximum absolute atomic E-state index is 10.9. The molecule has 0 saturated carbocycles. The van der Waals surface area contributed by atoms with E-state index in [1.54, 1.807) is 6.07 Å². The molecule has 0 aromatic heterocycles. The van der Waals surface area contributed by atoms with Gasteiger partial charge in [-0.05, 0) is 48.4 Å². The zero-order valence-corrected chi connectivity index (χ0v) is 11.6. The topological polar surface area (TPSA) is 61.4 Å². The minimum atomic E-state index is -0.0737. The number of benzene rings is 2. The molecule has 20 heavy (non-hydrogen) atoms. The standard InChI is InChI=1S/C16H18N2O2/c1-11-9-15(7-8-16(11)20)17-10-13-3-5-14(6-4-13)18-12(2)19/h3-9,17,20H,10H2,1-2H3,(H,18,19). The molecule has 2 rings (SSSR count). The molecule has 0 unspecified atom stereocenters. The predicted octanol–water partition coefficient (Wildman–Crippen LogP) is 3.27. The second-order valence-electron chi connectivity index (χ2n) is 4.73. The van der Waals surface area contributed by atoms with Crippen molar-refractivity contribution < 1.29 is 9.90 Å². The highest BCUT2D eigenvalue weighted by atomic mass is 16.3. The lowest BCUT2D eigenvalue weighted by Gasteiger charge is -2.09. The van der Waals surface area contributed by atoms with E-state index < -0.39 is 0 Å². The highest BCUT2D eigenvalue weighted by Crippen LogP contribution is 2.20. The summed E-state index contributed by atoms with van der Waals surface area (Å²) in [7, 11) is 0. The van der Waals surface area contributed by atoms with Gasteiger partial charge in [-0.1, -0.05) is 12.1 Å². The highest BCUT2D eigenvalue weighted by molar-refractivity contribution is 5.88. The third kappa shape index (κ3) is 3.75. The average molecular weight is 270 g/mol. The molecule has 0 fully saturated rings. The van der Waals surface area contributed by atoms with Crippen LogP contribution < -0.4 is 10.6 Å². The molecule has 0 atom stereocenters. The Balaban J connectivity index is 1.96. The average Bonchev–Trinajstić information content (AvgIpc) is 2.41. The predicted molar refractivity (Wildman–Crippen MR) is 80.9 cm³/mol. The van der Waals surface area contributed by atoms with E-state index in [0.717, 1.165) is 22.5 Å². The number of carbonyl (C=O) groups excluding carboxylic acids is 1. The zero-order valence-electron chi connectivity index (χ0n) is 11.6. The smallest absolute Gasteiger partial charge is 0.221 e. The number of anilines is 2. The number of amides is 1. The lowest BCUT2D eigenvalue weighted by Crippen LogP contribution is -2.06. The van der Waals surface area contributed by atoms with Crippen molar-refractivity contribution in [2.75, 3.05) is 10.6 Å². The van der Waals surface area contributed by atoms with Gasteiger partial charge in [0.2, 0.25) is 5.91 Å². The van der Waals surface area contributed by atoms with Crippen LogP contribution in [-0.2, 0) is 11.3 Å². The molecule has 3 N–H and O–H groups in total. The number of phenolic OH excluding ortho intramolecular Hbond substituents is 1. The lowest BCUT2D eigenvalue weighted by atomic mass is 10.1. The van der Waals surface area contributed by atoms with Crippen molar-refractivity contribution in [2.45, 2.75) is 20.4 Å². The Bertz CT molecular complexity index is 606. The molecule has 0 saturated heterocycles. The maximum atomic E-state index is 10.9. The Labute approximate surface area is 118 Å². The molecule has 1 amide bonds. The van der Waals surface area contributed by atoms with E-state index in [9.17, 15) is 9.90 Å². The highest BCUT2D eigenvalue weighted by Gasteiger charge is 1.99. The fourth-order valence-corrected chi connectivity index (χ4v) is 1.88. The van der Waals surface area contributed by atoms with Gasteiger partial charge < -0.3 is 15.7 Å². The normalized spacial score (nSPS) is 10.1. The van der Waals surface area contributed by atoms with Crippen LogP contribution in [0.1, 0.15) is 18.1 Å². The molecule has 0 aliphatic carbocycles. The number of carbonyl (C=O) groups is 1. The van der Waals surface area contributed by atoms with Crippen LogP contribution in [0.4, 0.5) is 11.4 Å². The van der Waals surface area contributed by atoms with Crippen molar-refractivity contribution in [1.82, 2.24) is 0 Å². The summed E-state index contributed by atoms with van der Waals surface area (Å²) >= 11 is 0. The Morgan fingerprint density at radius 1 is 1.10 bits per heavy atom. The first kappa shape index (κ1) is 13.9. The first-order valence-corrected chi connectivity index (χ1v) is 6.44. The Morgan fingerprint density at radius 2 is 1.75 bits per heavy atom. The number of aryl methyl sites for hydroxylation is 1. The first-order chi connectivity index (χ1) is 9.54. The number of hydrogen-bond acceptors (Lipinski definition) is 3. The third-order valence-electron chi connectivity index (χ3n) is 2.97. The number of aromatic hydroxyl groups is 1. The van der Waals surface area contributed by atoms with Gasteiger partial charge >= 0.3 is 0 Å². The van der Waals surface area contributed by atoms with Crippen LogP contribution >= 0.6 is 0 Å². The summed E-state index contributed by atoms with van der Waals surface area (Å²) < 4.78 is 0. The number of nitrogens with one attached hydrogen (secondary N) is 2. The Morgan fingerprint density at radius 3 is 2.35 bits per heavy atom. The van der Waals surface area contributed by atoms with Crippen LogP contribution in [0.15, 0.2) is 42.5 Å². The molecule has 0 heterocycles. The molecule has 2 aromatic carbocycles. The van der Waals surface area contributed by atoms with E-state index in [2.05, 4.69) is 10.6 Å². The van der Waals surface area contributed by atoms with Gasteiger partial charge in [0.15, 0.2) is 0 Å². The summed E-state index contributed by atoms with van der Waals surface area (Å²) in [6.07, 6.45) is 0. The first-order valence-electron chi connectivity index (χ1n) is 6.44. The van der Waals surface area contributed by atoms with E-state index in [1.807, 2.05) is 43.3 Å². The maximum Gasteiger partial charge on any atom is 0.221 e. The Hall–Kier alpha value is -2.49. The van der Waals surface area contributed by atoms with Gasteiger partial charge in [-0.15, -0.1) is 0 Å². The van der Waals surface area contributed by atoms with Crippen molar-refractivity contribution in [3.63, 3.8) is 0 Å². The van der Waals surface area contributed by atoms with Crippen LogP contribution in [0.3, 0.4) is 0 Å². The fraction of sp³-hybridized carbons (Fsp3) is 0.188. The lowest BCUT2D eigenvalue weighted by molar-refractivity contribution is -0.114. The van der Waals surface area contributed by atoms with Crippen molar-refractivity contribution in [3.05, 3.63) is 53.6 Å². The molecule has 104 valence electrons. The van der Waals surface area contributed by atoms with Gasteiger partial charge in [0, 0.05) is 24.8 Å². The molecule has 0 radical (unpaired) electrons. The van der Waals surface area contributed by atoms with Crippen molar-refractivity contribution in [3.8, 4) is 5.75 Å². The molecular formula is C16H18N2O2. The molecule has 0 bridgehead atoms. The zero-order chi connectivity index (χ0) is 14.5. The summed E-state index contributed by atoms with van der Waals surface area (Å²) in [6.45, 7) is 4.04. The van der Waals surface area contributed by atoms with Crippen LogP contribution in [0, 0.1) is 6.92 Å². The van der Waals surface area contributed by atoms with Crippen molar-refractivity contribution >= 4 is 17.3 Å². The van der Waals surface area contributed by atoms with Gasteiger partial charge in [-0.25, -0.2) is 0 Å². The van der Waals surface area contributed by atoms with Crippen molar-refractivity contribution in [2.24, 2.45) is 0 Å². The summed E-state index contributed by atoms with van der Waals surface area (Å²) in [5, 5.41) is 15.5. The van der Waals surface area contributed by atoms with E-state index in [1.165, 1.54) is 6.92 Å². The molecule has 4 heteroatoms. The summed E-state index contributed by atoms with van der Waals surface area (Å²) in [4.78, 5) is 10.9. The summed E-state index contributed by atoms with van der Waals surface area (Å²) in [6, 6.07) is 13.1. The van der Waals surface area contributed by atoms with Crippen molar-refractivity contribution in [1.29, 1.82) is 0 Å². The van der Waals surface area contributed by atoms with Gasteiger partial charge in [0.1, 0.15) is 5.75 Å². The number of phenols is 1. The SMILES string of the molecule is CC(=O)Nc1ccc(CNc2ccc(O)c(C)c2)cc1. The van der Waals surface area contributed by atoms with Gasteiger partial charge in [0.05, 0.1) is 0 Å². The largest absolute Gasteiger partial charge is 0.508 e. The van der Waals surface area contributed by atoms with E-state index in [-0.39, 0.29) is 5.91 Å². The second kappa shape index (κ2) is 6.10. The van der Waals surface area contributed by atoms with Crippen LogP contribution in [0.5, 0.6) is 5.75 Å². The minimum Gasteiger partial charge on any atom is -0.508 e. The Kier molecular flexibility index (Phi) is 4.25. The van der Waals surface area contributed by atoms with E-state index in [0.29, 0.717) is 12.3 Å². The number of rotatable bonds is 4. The van der Waals surface area contributed by atoms with Gasteiger partial charge in [-0.2, -0.15) is 0 Å². The van der Waals surface area contributed by atoms with Gasteiger partial charge in [-0.3, -0.25) is 4.79 Å². The third-order valence-corrected chi connectivity index (χ3v) is 2.97. The molecule has 0 aliphatic heterocycles. The van der Waals surface area contributed by atoms with Crippen LogP contribution in [0.2, 0.25) is 0 Å².